The van der Waals surface area contributed by atoms with E-state index in [0.29, 0.717) is 19.3 Å². The summed E-state index contributed by atoms with van der Waals surface area (Å²) in [5, 5.41) is 0. The van der Waals surface area contributed by atoms with Crippen LogP contribution in [-0.4, -0.2) is 37.2 Å². The molecular formula is C61H86O6. The molecule has 0 spiro atoms. The number of unbranched alkanes of at least 4 members (excludes halogenated alkanes) is 6. The second-order valence-corrected chi connectivity index (χ2v) is 15.5. The van der Waals surface area contributed by atoms with E-state index < -0.39 is 18.0 Å². The Kier molecular flexibility index (Phi) is 48.3. The lowest BCUT2D eigenvalue weighted by molar-refractivity contribution is -0.166. The van der Waals surface area contributed by atoms with Gasteiger partial charge in [-0.25, -0.2) is 0 Å². The van der Waals surface area contributed by atoms with E-state index in [1.165, 1.54) is 0 Å². The Morgan fingerprint density at radius 2 is 0.642 bits per heavy atom. The van der Waals surface area contributed by atoms with Crippen molar-refractivity contribution in [3.8, 4) is 0 Å². The van der Waals surface area contributed by atoms with Crippen molar-refractivity contribution in [3.63, 3.8) is 0 Å². The highest BCUT2D eigenvalue weighted by molar-refractivity contribution is 5.71. The number of carbonyl (C=O) groups is 3. The molecule has 0 saturated heterocycles. The Morgan fingerprint density at radius 3 is 1.04 bits per heavy atom. The van der Waals surface area contributed by atoms with Crippen LogP contribution in [0.2, 0.25) is 0 Å². The lowest BCUT2D eigenvalue weighted by Gasteiger charge is -2.18. The molecular weight excluding hydrogens is 829 g/mol. The van der Waals surface area contributed by atoms with Gasteiger partial charge in [0, 0.05) is 19.3 Å². The highest BCUT2D eigenvalue weighted by atomic mass is 16.6. The van der Waals surface area contributed by atoms with Crippen molar-refractivity contribution in [2.75, 3.05) is 13.2 Å². The summed E-state index contributed by atoms with van der Waals surface area (Å²) >= 11 is 0. The third-order valence-corrected chi connectivity index (χ3v) is 9.34. The molecule has 0 aliphatic heterocycles. The van der Waals surface area contributed by atoms with Crippen molar-refractivity contribution in [2.24, 2.45) is 0 Å². The predicted octanol–water partition coefficient (Wildman–Crippen LogP) is 16.7. The first-order valence-corrected chi connectivity index (χ1v) is 25.1. The number of ether oxygens (including phenoxy) is 3. The minimum Gasteiger partial charge on any atom is -0.462 e. The Bertz CT molecular complexity index is 1710. The van der Waals surface area contributed by atoms with Crippen molar-refractivity contribution in [1.29, 1.82) is 0 Å². The van der Waals surface area contributed by atoms with Crippen LogP contribution >= 0.6 is 0 Å². The molecule has 1 unspecified atom stereocenters. The third kappa shape index (κ3) is 51.1. The molecule has 0 amide bonds. The lowest BCUT2D eigenvalue weighted by atomic mass is 10.1. The van der Waals surface area contributed by atoms with Crippen LogP contribution in [0.3, 0.4) is 0 Å². The molecule has 6 heteroatoms. The largest absolute Gasteiger partial charge is 0.462 e. The van der Waals surface area contributed by atoms with Gasteiger partial charge in [-0.3, -0.25) is 14.4 Å². The van der Waals surface area contributed by atoms with Crippen molar-refractivity contribution < 1.29 is 28.6 Å². The fourth-order valence-electron chi connectivity index (χ4n) is 5.68. The molecule has 67 heavy (non-hydrogen) atoms. The van der Waals surface area contributed by atoms with Crippen LogP contribution in [0.4, 0.5) is 0 Å². The second-order valence-electron chi connectivity index (χ2n) is 15.5. The average molecular weight is 915 g/mol. The molecule has 0 N–H and O–H groups in total. The maximum Gasteiger partial charge on any atom is 0.306 e. The zero-order valence-corrected chi connectivity index (χ0v) is 41.6. The van der Waals surface area contributed by atoms with E-state index in [1.807, 2.05) is 109 Å². The zero-order chi connectivity index (χ0) is 48.6. The minimum atomic E-state index is -0.861. The lowest BCUT2D eigenvalue weighted by Crippen LogP contribution is -2.30. The number of esters is 3. The monoisotopic (exact) mass is 915 g/mol. The summed E-state index contributed by atoms with van der Waals surface area (Å²) in [6.45, 7) is 6.05. The average Bonchev–Trinajstić information content (AvgIpc) is 3.33. The van der Waals surface area contributed by atoms with Crippen LogP contribution in [0.15, 0.2) is 194 Å². The number of hydrogen-bond acceptors (Lipinski definition) is 6. The van der Waals surface area contributed by atoms with Crippen molar-refractivity contribution >= 4 is 17.9 Å². The molecule has 0 fully saturated rings. The van der Waals surface area contributed by atoms with E-state index in [9.17, 15) is 14.4 Å². The normalized spacial score (nSPS) is 13.8. The van der Waals surface area contributed by atoms with Crippen molar-refractivity contribution in [2.45, 2.75) is 155 Å². The van der Waals surface area contributed by atoms with Gasteiger partial charge in [0.15, 0.2) is 6.10 Å². The molecule has 366 valence electrons. The zero-order valence-electron chi connectivity index (χ0n) is 41.6. The Labute approximate surface area is 407 Å². The maximum absolute atomic E-state index is 12.8. The molecule has 0 aromatic carbocycles. The van der Waals surface area contributed by atoms with Gasteiger partial charge >= 0.3 is 17.9 Å². The molecule has 0 bridgehead atoms. The molecule has 0 rings (SSSR count). The highest BCUT2D eigenvalue weighted by Crippen LogP contribution is 2.10. The van der Waals surface area contributed by atoms with E-state index in [0.717, 1.165) is 89.9 Å². The van der Waals surface area contributed by atoms with Crippen molar-refractivity contribution in [3.05, 3.63) is 194 Å². The first-order valence-electron chi connectivity index (χ1n) is 25.1. The first-order chi connectivity index (χ1) is 33.0. The molecule has 6 nitrogen and oxygen atoms in total. The van der Waals surface area contributed by atoms with E-state index in [1.54, 1.807) is 0 Å². The summed E-state index contributed by atoms with van der Waals surface area (Å²) < 4.78 is 16.6. The van der Waals surface area contributed by atoms with Gasteiger partial charge in [-0.05, 0) is 96.3 Å². The quantitative estimate of drug-likeness (QED) is 0.0200. The van der Waals surface area contributed by atoms with E-state index in [2.05, 4.69) is 106 Å². The van der Waals surface area contributed by atoms with Crippen LogP contribution in [0.25, 0.3) is 0 Å². The molecule has 0 aliphatic carbocycles. The van der Waals surface area contributed by atoms with Crippen LogP contribution < -0.4 is 0 Å². The smallest absolute Gasteiger partial charge is 0.306 e. The number of rotatable bonds is 41. The van der Waals surface area contributed by atoms with Gasteiger partial charge in [0.2, 0.25) is 0 Å². The molecule has 0 heterocycles. The minimum absolute atomic E-state index is 0.153. The summed E-state index contributed by atoms with van der Waals surface area (Å²) in [6.07, 6.45) is 81.3. The maximum atomic E-state index is 12.8. The molecule has 0 aromatic rings. The fourth-order valence-corrected chi connectivity index (χ4v) is 5.68. The summed E-state index contributed by atoms with van der Waals surface area (Å²) in [5.41, 5.74) is 0. The SMILES string of the molecule is CC\C=C/C=C\C=C/C=C\C=C/CCCCCC(=O)OCC(COC(=O)CC/C=C\C/C=C\C/C=C\C/C=C\C/C=C\C/C=C\CC)OC(=O)CCCCC\C=C/C=C\C=C/C=C\C=C/CC. The molecule has 0 aromatic heterocycles. The fraction of sp³-hybridized carbons (Fsp3) is 0.426. The number of allylic oxidation sites excluding steroid dienone is 32. The summed E-state index contributed by atoms with van der Waals surface area (Å²) in [7, 11) is 0. The molecule has 1 atom stereocenters. The predicted molar refractivity (Wildman–Crippen MR) is 287 cm³/mol. The van der Waals surface area contributed by atoms with Gasteiger partial charge in [0.25, 0.3) is 0 Å². The van der Waals surface area contributed by atoms with Gasteiger partial charge in [0.1, 0.15) is 13.2 Å². The first kappa shape index (κ1) is 61.2. The van der Waals surface area contributed by atoms with Crippen LogP contribution in [0, 0.1) is 0 Å². The number of carbonyl (C=O) groups excluding carboxylic acids is 3. The molecule has 0 radical (unpaired) electrons. The van der Waals surface area contributed by atoms with E-state index >= 15 is 0 Å². The summed E-state index contributed by atoms with van der Waals surface area (Å²) in [6, 6.07) is 0. The molecule has 0 aliphatic rings. The van der Waals surface area contributed by atoms with Gasteiger partial charge in [-0.15, -0.1) is 0 Å². The van der Waals surface area contributed by atoms with Gasteiger partial charge in [0.05, 0.1) is 0 Å². The van der Waals surface area contributed by atoms with Crippen LogP contribution in [0.5, 0.6) is 0 Å². The van der Waals surface area contributed by atoms with Crippen LogP contribution in [0.1, 0.15) is 149 Å². The second kappa shape index (κ2) is 52.9. The van der Waals surface area contributed by atoms with Gasteiger partial charge < -0.3 is 14.2 Å². The molecule has 0 saturated carbocycles. The third-order valence-electron chi connectivity index (χ3n) is 9.34. The highest BCUT2D eigenvalue weighted by Gasteiger charge is 2.19. The van der Waals surface area contributed by atoms with Gasteiger partial charge in [-0.1, -0.05) is 228 Å². The Balaban J connectivity index is 4.71. The van der Waals surface area contributed by atoms with Crippen molar-refractivity contribution in [1.82, 2.24) is 0 Å². The Morgan fingerprint density at radius 1 is 0.313 bits per heavy atom. The van der Waals surface area contributed by atoms with E-state index in [-0.39, 0.29) is 38.4 Å². The van der Waals surface area contributed by atoms with Gasteiger partial charge in [-0.2, -0.15) is 0 Å². The summed E-state index contributed by atoms with van der Waals surface area (Å²) in [4.78, 5) is 37.9. The van der Waals surface area contributed by atoms with Crippen LogP contribution in [-0.2, 0) is 28.6 Å². The Hall–Kier alpha value is -5.75. The summed E-state index contributed by atoms with van der Waals surface area (Å²) in [5.74, 6) is -1.14. The topological polar surface area (TPSA) is 78.9 Å². The standard InChI is InChI=1S/C61H86O6/c1-4-7-10-13-16-19-22-25-28-29-30-31-34-36-39-42-45-48-51-54-60(63)66-57-58(67-61(64)55-52-49-46-43-40-37-33-27-24-21-18-15-12-9-6-3)56-65-59(62)53-50-47-44-41-38-35-32-26-23-20-17-14-11-8-5-2/h7-12,14-21,23-28,30-33,35-40,45,48,58H,4-6,13,22,29,34,41-44,46-47,49-57H2,1-3H3/b10-7-,11-8-,12-9-,17-14-,18-15-,19-16-,23-20-,24-21-,28-25-,31-30-,32-26-,33-27-,38-35-,39-36-,40-37-,48-45-. The van der Waals surface area contributed by atoms with E-state index in [4.69, 9.17) is 14.2 Å². The number of hydrogen-bond donors (Lipinski definition) is 0.